The molecule has 0 aliphatic carbocycles. The fraction of sp³-hybridized carbons (Fsp3) is 0.261. The highest BCUT2D eigenvalue weighted by Crippen LogP contribution is 2.22. The van der Waals surface area contributed by atoms with Crippen LogP contribution in [-0.2, 0) is 16.1 Å². The Morgan fingerprint density at radius 2 is 2.00 bits per heavy atom. The van der Waals surface area contributed by atoms with Gasteiger partial charge in [0.15, 0.2) is 0 Å². The number of carbonyl (C=O) groups is 2. The molecule has 2 heterocycles. The highest BCUT2D eigenvalue weighted by atomic mass is 19.1. The number of hydrogen-bond donors (Lipinski definition) is 1. The maximum absolute atomic E-state index is 13.5. The summed E-state index contributed by atoms with van der Waals surface area (Å²) in [4.78, 5) is 26.9. The summed E-state index contributed by atoms with van der Waals surface area (Å²) in [5, 5.41) is 7.17. The molecule has 1 N–H and O–H groups in total. The fourth-order valence-corrected chi connectivity index (χ4v) is 3.89. The lowest BCUT2D eigenvalue weighted by Gasteiger charge is -2.22. The zero-order chi connectivity index (χ0) is 21.8. The van der Waals surface area contributed by atoms with Gasteiger partial charge in [0.1, 0.15) is 11.9 Å². The predicted octanol–water partition coefficient (Wildman–Crippen LogP) is 2.56. The SMILES string of the molecule is COC(=O)[C@@H]1C[C@H](NC(=O)c2ccc(-n3cccn3)cc2)CN1Cc1cccc(F)c1. The summed E-state index contributed by atoms with van der Waals surface area (Å²) in [6.45, 7) is 0.857. The van der Waals surface area contributed by atoms with Crippen LogP contribution in [0.4, 0.5) is 4.39 Å². The van der Waals surface area contributed by atoms with E-state index in [-0.39, 0.29) is 23.7 Å². The zero-order valence-electron chi connectivity index (χ0n) is 17.1. The quantitative estimate of drug-likeness (QED) is 0.618. The van der Waals surface area contributed by atoms with Crippen LogP contribution in [0.3, 0.4) is 0 Å². The second-order valence-corrected chi connectivity index (χ2v) is 7.50. The van der Waals surface area contributed by atoms with Crippen molar-refractivity contribution >= 4 is 11.9 Å². The van der Waals surface area contributed by atoms with Crippen LogP contribution < -0.4 is 5.32 Å². The van der Waals surface area contributed by atoms with Gasteiger partial charge in [-0.05, 0) is 54.4 Å². The maximum atomic E-state index is 13.5. The third-order valence-corrected chi connectivity index (χ3v) is 5.39. The van der Waals surface area contributed by atoms with E-state index in [4.69, 9.17) is 4.74 Å². The van der Waals surface area contributed by atoms with Crippen LogP contribution in [0, 0.1) is 5.82 Å². The molecule has 2 aromatic carbocycles. The largest absolute Gasteiger partial charge is 0.468 e. The first kappa shape index (κ1) is 20.7. The molecule has 0 unspecified atom stereocenters. The van der Waals surface area contributed by atoms with Crippen molar-refractivity contribution in [3.05, 3.63) is 83.9 Å². The Morgan fingerprint density at radius 3 is 2.68 bits per heavy atom. The minimum atomic E-state index is -0.499. The first-order valence-corrected chi connectivity index (χ1v) is 10.0. The molecule has 1 aliphatic heterocycles. The molecule has 0 saturated carbocycles. The molecule has 3 aromatic rings. The summed E-state index contributed by atoms with van der Waals surface area (Å²) in [5.74, 6) is -0.903. The highest BCUT2D eigenvalue weighted by molar-refractivity contribution is 5.94. The van der Waals surface area contributed by atoms with Crippen LogP contribution in [0.15, 0.2) is 67.0 Å². The average molecular weight is 422 g/mol. The van der Waals surface area contributed by atoms with Crippen LogP contribution in [0.25, 0.3) is 5.69 Å². The lowest BCUT2D eigenvalue weighted by atomic mass is 10.1. The maximum Gasteiger partial charge on any atom is 0.323 e. The van der Waals surface area contributed by atoms with Gasteiger partial charge in [-0.25, -0.2) is 9.07 Å². The van der Waals surface area contributed by atoms with Gasteiger partial charge in [-0.15, -0.1) is 0 Å². The minimum Gasteiger partial charge on any atom is -0.468 e. The molecule has 1 aromatic heterocycles. The number of methoxy groups -OCH3 is 1. The molecular weight excluding hydrogens is 399 g/mol. The Balaban J connectivity index is 1.43. The molecule has 160 valence electrons. The molecule has 2 atom stereocenters. The van der Waals surface area contributed by atoms with Crippen molar-refractivity contribution in [1.82, 2.24) is 20.0 Å². The standard InChI is InChI=1S/C23H23FN4O3/c1-31-23(30)21-13-19(15-27(21)14-16-4-2-5-18(24)12-16)26-22(29)17-6-8-20(9-7-17)28-11-3-10-25-28/h2-12,19,21H,13-15H2,1H3,(H,26,29)/t19-,21-/m0/s1. The van der Waals surface area contributed by atoms with E-state index in [0.29, 0.717) is 25.1 Å². The Bertz CT molecular complexity index is 1050. The molecular formula is C23H23FN4O3. The highest BCUT2D eigenvalue weighted by Gasteiger charge is 2.38. The van der Waals surface area contributed by atoms with Crippen LogP contribution in [-0.4, -0.2) is 52.3 Å². The lowest BCUT2D eigenvalue weighted by molar-refractivity contribution is -0.146. The van der Waals surface area contributed by atoms with Gasteiger partial charge in [0.25, 0.3) is 5.91 Å². The van der Waals surface area contributed by atoms with Crippen molar-refractivity contribution in [2.75, 3.05) is 13.7 Å². The Kier molecular flexibility index (Phi) is 6.08. The van der Waals surface area contributed by atoms with Crippen molar-refractivity contribution in [3.63, 3.8) is 0 Å². The number of rotatable bonds is 6. The third-order valence-electron chi connectivity index (χ3n) is 5.39. The molecule has 0 radical (unpaired) electrons. The smallest absolute Gasteiger partial charge is 0.323 e. The lowest BCUT2D eigenvalue weighted by Crippen LogP contribution is -2.37. The summed E-state index contributed by atoms with van der Waals surface area (Å²) < 4.78 is 20.2. The number of nitrogens with zero attached hydrogens (tertiary/aromatic N) is 3. The predicted molar refractivity (Wildman–Crippen MR) is 112 cm³/mol. The summed E-state index contributed by atoms with van der Waals surface area (Å²) in [5.41, 5.74) is 2.14. The molecule has 31 heavy (non-hydrogen) atoms. The van der Waals surface area contributed by atoms with Gasteiger partial charge >= 0.3 is 5.97 Å². The van der Waals surface area contributed by atoms with Crippen LogP contribution in [0.5, 0.6) is 0 Å². The number of ether oxygens (including phenoxy) is 1. The molecule has 1 saturated heterocycles. The monoisotopic (exact) mass is 422 g/mol. The first-order chi connectivity index (χ1) is 15.0. The van der Waals surface area contributed by atoms with Gasteiger partial charge in [0.05, 0.1) is 12.8 Å². The van der Waals surface area contributed by atoms with Gasteiger partial charge < -0.3 is 10.1 Å². The van der Waals surface area contributed by atoms with E-state index >= 15 is 0 Å². The van der Waals surface area contributed by atoms with E-state index in [2.05, 4.69) is 10.4 Å². The minimum absolute atomic E-state index is 0.215. The number of carbonyl (C=O) groups excluding carboxylic acids is 2. The second kappa shape index (κ2) is 9.09. The number of nitrogens with one attached hydrogen (secondary N) is 1. The van der Waals surface area contributed by atoms with Gasteiger partial charge in [-0.2, -0.15) is 5.10 Å². The van der Waals surface area contributed by atoms with E-state index in [1.807, 2.05) is 35.4 Å². The number of amides is 1. The van der Waals surface area contributed by atoms with E-state index in [9.17, 15) is 14.0 Å². The van der Waals surface area contributed by atoms with E-state index in [0.717, 1.165) is 11.3 Å². The number of aromatic nitrogens is 2. The Hall–Kier alpha value is -3.52. The van der Waals surface area contributed by atoms with Gasteiger partial charge in [-0.1, -0.05) is 12.1 Å². The van der Waals surface area contributed by atoms with Crippen LogP contribution in [0.1, 0.15) is 22.3 Å². The van der Waals surface area contributed by atoms with Crippen molar-refractivity contribution in [2.24, 2.45) is 0 Å². The van der Waals surface area contributed by atoms with Crippen LogP contribution >= 0.6 is 0 Å². The Morgan fingerprint density at radius 1 is 1.19 bits per heavy atom. The topological polar surface area (TPSA) is 76.5 Å². The van der Waals surface area contributed by atoms with Crippen molar-refractivity contribution in [3.8, 4) is 5.69 Å². The van der Waals surface area contributed by atoms with E-state index in [1.165, 1.54) is 19.2 Å². The molecule has 8 heteroatoms. The first-order valence-electron chi connectivity index (χ1n) is 10.0. The molecule has 1 aliphatic rings. The average Bonchev–Trinajstić information content (AvgIpc) is 3.44. The third kappa shape index (κ3) is 4.80. The number of halogens is 1. The number of esters is 1. The summed E-state index contributed by atoms with van der Waals surface area (Å²) in [6, 6.07) is 14.5. The molecule has 0 spiro atoms. The molecule has 1 fully saturated rings. The molecule has 1 amide bonds. The van der Waals surface area contributed by atoms with Crippen molar-refractivity contribution in [1.29, 1.82) is 0 Å². The number of hydrogen-bond acceptors (Lipinski definition) is 5. The van der Waals surface area contributed by atoms with E-state index in [1.54, 1.807) is 29.1 Å². The van der Waals surface area contributed by atoms with Crippen LogP contribution in [0.2, 0.25) is 0 Å². The fourth-order valence-electron chi connectivity index (χ4n) is 3.89. The summed E-state index contributed by atoms with van der Waals surface area (Å²) >= 11 is 0. The van der Waals surface area contributed by atoms with Crippen molar-refractivity contribution in [2.45, 2.75) is 25.0 Å². The molecule has 4 rings (SSSR count). The second-order valence-electron chi connectivity index (χ2n) is 7.50. The summed E-state index contributed by atoms with van der Waals surface area (Å²) in [7, 11) is 1.34. The Labute approximate surface area is 179 Å². The molecule has 7 nitrogen and oxygen atoms in total. The summed E-state index contributed by atoms with van der Waals surface area (Å²) in [6.07, 6.45) is 3.95. The molecule has 0 bridgehead atoms. The number of likely N-dealkylation sites (tertiary alicyclic amines) is 1. The number of benzene rings is 2. The van der Waals surface area contributed by atoms with Crippen molar-refractivity contribution < 1.29 is 18.7 Å². The van der Waals surface area contributed by atoms with Gasteiger partial charge in [-0.3, -0.25) is 14.5 Å². The van der Waals surface area contributed by atoms with Gasteiger partial charge in [0, 0.05) is 37.1 Å². The normalized spacial score (nSPS) is 18.6. The van der Waals surface area contributed by atoms with Gasteiger partial charge in [0.2, 0.25) is 0 Å². The zero-order valence-corrected chi connectivity index (χ0v) is 17.1. The van der Waals surface area contributed by atoms with E-state index < -0.39 is 6.04 Å².